The third-order valence-corrected chi connectivity index (χ3v) is 4.59. The lowest BCUT2D eigenvalue weighted by Gasteiger charge is -2.22. The number of ether oxygens (including phenoxy) is 1. The summed E-state index contributed by atoms with van der Waals surface area (Å²) in [6.07, 6.45) is 4.37. The van der Waals surface area contributed by atoms with E-state index in [4.69, 9.17) is 15.3 Å². The summed E-state index contributed by atoms with van der Waals surface area (Å²) < 4.78 is 29.9. The lowest BCUT2D eigenvalue weighted by atomic mass is 10.2. The summed E-state index contributed by atoms with van der Waals surface area (Å²) in [5.41, 5.74) is 0.335. The third-order valence-electron chi connectivity index (χ3n) is 3.09. The standard InChI is InChI=1S/C16H13N3O3S/c1-22-16-11-19(14(9-17)10-18)8-7-13(16)12-23(20,21)15-5-3-2-4-6-15/h2-8,11-12,14H,1H3/b13-12+. The highest BCUT2D eigenvalue weighted by Crippen LogP contribution is 2.24. The van der Waals surface area contributed by atoms with Crippen molar-refractivity contribution in [1.82, 2.24) is 4.90 Å². The Hall–Kier alpha value is -3.03. The number of nitrogens with zero attached hydrogens (tertiary/aromatic N) is 3. The number of sulfone groups is 1. The second-order valence-corrected chi connectivity index (χ2v) is 6.35. The summed E-state index contributed by atoms with van der Waals surface area (Å²) in [5.74, 6) is 0.252. The van der Waals surface area contributed by atoms with Crippen LogP contribution in [0.2, 0.25) is 0 Å². The van der Waals surface area contributed by atoms with Gasteiger partial charge in [0.25, 0.3) is 0 Å². The lowest BCUT2D eigenvalue weighted by molar-refractivity contribution is 0.287. The van der Waals surface area contributed by atoms with E-state index in [0.29, 0.717) is 5.57 Å². The van der Waals surface area contributed by atoms with E-state index in [1.807, 2.05) is 12.1 Å². The second kappa shape index (κ2) is 6.82. The van der Waals surface area contributed by atoms with Gasteiger partial charge >= 0.3 is 0 Å². The molecule has 0 unspecified atom stereocenters. The van der Waals surface area contributed by atoms with Gasteiger partial charge in [0.2, 0.25) is 15.9 Å². The molecule has 23 heavy (non-hydrogen) atoms. The van der Waals surface area contributed by atoms with Crippen molar-refractivity contribution in [1.29, 1.82) is 10.5 Å². The molecule has 1 heterocycles. The van der Waals surface area contributed by atoms with E-state index in [1.54, 1.807) is 18.2 Å². The van der Waals surface area contributed by atoms with Gasteiger partial charge in [-0.1, -0.05) is 18.2 Å². The maximum atomic E-state index is 12.4. The zero-order valence-corrected chi connectivity index (χ0v) is 13.1. The van der Waals surface area contributed by atoms with Crippen LogP contribution in [0.15, 0.2) is 70.4 Å². The molecule has 0 aromatic heterocycles. The van der Waals surface area contributed by atoms with Gasteiger partial charge in [-0.25, -0.2) is 8.42 Å². The van der Waals surface area contributed by atoms with E-state index in [1.165, 1.54) is 42.6 Å². The average Bonchev–Trinajstić information content (AvgIpc) is 2.57. The molecule has 116 valence electrons. The fourth-order valence-corrected chi connectivity index (χ4v) is 3.14. The molecular formula is C16H13N3O3S. The fraction of sp³-hybridized carbons (Fsp3) is 0.125. The predicted molar refractivity (Wildman–Crippen MR) is 82.8 cm³/mol. The minimum absolute atomic E-state index is 0.172. The molecule has 0 fully saturated rings. The summed E-state index contributed by atoms with van der Waals surface area (Å²) in [4.78, 5) is 1.52. The Labute approximate surface area is 134 Å². The highest BCUT2D eigenvalue weighted by molar-refractivity contribution is 7.94. The largest absolute Gasteiger partial charge is 0.495 e. The van der Waals surface area contributed by atoms with E-state index in [9.17, 15) is 8.42 Å². The van der Waals surface area contributed by atoms with E-state index in [-0.39, 0.29) is 10.7 Å². The quantitative estimate of drug-likeness (QED) is 0.840. The Morgan fingerprint density at radius 1 is 1.22 bits per heavy atom. The van der Waals surface area contributed by atoms with Crippen LogP contribution in [-0.2, 0) is 14.6 Å². The molecule has 1 aliphatic heterocycles. The number of allylic oxidation sites excluding steroid dienone is 1. The van der Waals surface area contributed by atoms with Gasteiger partial charge in [-0.05, 0) is 18.2 Å². The van der Waals surface area contributed by atoms with E-state index < -0.39 is 15.9 Å². The summed E-state index contributed by atoms with van der Waals surface area (Å²) in [6.45, 7) is 0. The SMILES string of the molecule is COC1=CN(C(C#N)C#N)C=C/C1=C\S(=O)(=O)c1ccccc1. The van der Waals surface area contributed by atoms with Crippen LogP contribution in [0.1, 0.15) is 0 Å². The van der Waals surface area contributed by atoms with Gasteiger partial charge in [-0.2, -0.15) is 10.5 Å². The van der Waals surface area contributed by atoms with Crippen molar-refractivity contribution in [3.63, 3.8) is 0 Å². The minimum atomic E-state index is -3.63. The van der Waals surface area contributed by atoms with Gasteiger partial charge < -0.3 is 9.64 Å². The Bertz CT molecular complexity index is 842. The molecule has 2 rings (SSSR count). The van der Waals surface area contributed by atoms with E-state index in [0.717, 1.165) is 5.41 Å². The minimum Gasteiger partial charge on any atom is -0.495 e. The first-order valence-electron chi connectivity index (χ1n) is 6.54. The first kappa shape index (κ1) is 16.3. The lowest BCUT2D eigenvalue weighted by Crippen LogP contribution is -2.25. The van der Waals surface area contributed by atoms with E-state index in [2.05, 4.69) is 0 Å². The Balaban J connectivity index is 2.39. The van der Waals surface area contributed by atoms with Gasteiger partial charge in [0.15, 0.2) is 0 Å². The smallest absolute Gasteiger partial charge is 0.208 e. The fourth-order valence-electron chi connectivity index (χ4n) is 1.94. The third kappa shape index (κ3) is 3.60. The Kier molecular flexibility index (Phi) is 4.85. The van der Waals surface area contributed by atoms with Crippen molar-refractivity contribution in [3.05, 3.63) is 65.5 Å². The van der Waals surface area contributed by atoms with Crippen molar-refractivity contribution in [3.8, 4) is 12.1 Å². The zero-order valence-electron chi connectivity index (χ0n) is 12.2. The van der Waals surface area contributed by atoms with Crippen LogP contribution in [0.25, 0.3) is 0 Å². The van der Waals surface area contributed by atoms with Gasteiger partial charge in [0, 0.05) is 23.4 Å². The summed E-state index contributed by atoms with van der Waals surface area (Å²) >= 11 is 0. The highest BCUT2D eigenvalue weighted by Gasteiger charge is 2.20. The van der Waals surface area contributed by atoms with E-state index >= 15 is 0 Å². The monoisotopic (exact) mass is 327 g/mol. The molecule has 0 atom stereocenters. The van der Waals surface area contributed by atoms with Crippen molar-refractivity contribution in [2.45, 2.75) is 10.9 Å². The van der Waals surface area contributed by atoms with Crippen LogP contribution >= 0.6 is 0 Å². The Morgan fingerprint density at radius 3 is 2.43 bits per heavy atom. The maximum Gasteiger partial charge on any atom is 0.208 e. The predicted octanol–water partition coefficient (Wildman–Crippen LogP) is 2.08. The molecule has 0 saturated heterocycles. The summed E-state index contributed by atoms with van der Waals surface area (Å²) in [5, 5.41) is 18.9. The van der Waals surface area contributed by atoms with Crippen LogP contribution in [0.5, 0.6) is 0 Å². The second-order valence-electron chi connectivity index (χ2n) is 4.55. The molecule has 0 N–H and O–H groups in total. The van der Waals surface area contributed by atoms with Crippen LogP contribution in [-0.4, -0.2) is 26.5 Å². The number of rotatable bonds is 4. The van der Waals surface area contributed by atoms with Gasteiger partial charge in [0.1, 0.15) is 17.9 Å². The molecule has 0 spiro atoms. The molecule has 6 nitrogen and oxygen atoms in total. The maximum absolute atomic E-state index is 12.4. The molecule has 7 heteroatoms. The summed E-state index contributed by atoms with van der Waals surface area (Å²) in [6, 6.07) is 10.7. The number of benzene rings is 1. The molecule has 0 amide bonds. The number of methoxy groups -OCH3 is 1. The normalized spacial score (nSPS) is 15.9. The highest BCUT2D eigenvalue weighted by atomic mass is 32.2. The van der Waals surface area contributed by atoms with Crippen LogP contribution < -0.4 is 0 Å². The first-order chi connectivity index (χ1) is 11.0. The van der Waals surface area contributed by atoms with Gasteiger partial charge in [-0.3, -0.25) is 0 Å². The van der Waals surface area contributed by atoms with Gasteiger partial charge in [0.05, 0.1) is 12.0 Å². The zero-order chi connectivity index (χ0) is 16.9. The average molecular weight is 327 g/mol. The first-order valence-corrected chi connectivity index (χ1v) is 8.09. The molecule has 0 aliphatic carbocycles. The molecule has 1 aliphatic rings. The number of hydrogen-bond donors (Lipinski definition) is 0. The summed E-state index contributed by atoms with van der Waals surface area (Å²) in [7, 11) is -2.25. The number of nitriles is 2. The van der Waals surface area contributed by atoms with Crippen LogP contribution in [0, 0.1) is 22.7 Å². The molecule has 0 bridgehead atoms. The van der Waals surface area contributed by atoms with Crippen molar-refractivity contribution in [2.75, 3.05) is 7.11 Å². The van der Waals surface area contributed by atoms with Crippen molar-refractivity contribution < 1.29 is 13.2 Å². The Morgan fingerprint density at radius 2 is 1.87 bits per heavy atom. The van der Waals surface area contributed by atoms with Crippen LogP contribution in [0.4, 0.5) is 0 Å². The van der Waals surface area contributed by atoms with Crippen molar-refractivity contribution in [2.24, 2.45) is 0 Å². The molecule has 1 aromatic rings. The topological polar surface area (TPSA) is 94.2 Å². The molecule has 0 radical (unpaired) electrons. The molecular weight excluding hydrogens is 314 g/mol. The molecule has 0 saturated carbocycles. The van der Waals surface area contributed by atoms with Crippen LogP contribution in [0.3, 0.4) is 0 Å². The van der Waals surface area contributed by atoms with Gasteiger partial charge in [-0.15, -0.1) is 0 Å². The molecule has 1 aromatic carbocycles. The number of hydrogen-bond acceptors (Lipinski definition) is 6. The van der Waals surface area contributed by atoms with Crippen molar-refractivity contribution >= 4 is 9.84 Å².